The van der Waals surface area contributed by atoms with Crippen molar-refractivity contribution in [3.63, 3.8) is 0 Å². The summed E-state index contributed by atoms with van der Waals surface area (Å²) in [5.41, 5.74) is 5.91. The van der Waals surface area contributed by atoms with E-state index in [1.54, 1.807) is 0 Å². The lowest BCUT2D eigenvalue weighted by Crippen LogP contribution is -2.24. The zero-order valence-corrected chi connectivity index (χ0v) is 17.8. The molecule has 0 unspecified atom stereocenters. The molecular weight excluding hydrogens is 354 g/mol. The van der Waals surface area contributed by atoms with Crippen LogP contribution in [0.25, 0.3) is 0 Å². The summed E-state index contributed by atoms with van der Waals surface area (Å²) in [5.74, 6) is 1.61. The maximum absolute atomic E-state index is 4.88. The van der Waals surface area contributed by atoms with Crippen LogP contribution in [0.2, 0.25) is 0 Å². The van der Waals surface area contributed by atoms with E-state index in [0.29, 0.717) is 18.4 Å². The SMILES string of the molecule is CC(C)c1ccccc1NC(=NCc1ccccc1)Nc1ccccc1C(C)C. The van der Waals surface area contributed by atoms with Crippen LogP contribution in [0.5, 0.6) is 0 Å². The quantitative estimate of drug-likeness (QED) is 0.353. The molecule has 0 radical (unpaired) electrons. The van der Waals surface area contributed by atoms with E-state index < -0.39 is 0 Å². The number of nitrogens with one attached hydrogen (secondary N) is 2. The Labute approximate surface area is 174 Å². The molecule has 3 heteroatoms. The molecule has 0 heterocycles. The van der Waals surface area contributed by atoms with Gasteiger partial charge in [0.05, 0.1) is 6.54 Å². The van der Waals surface area contributed by atoms with Crippen molar-refractivity contribution in [1.82, 2.24) is 0 Å². The van der Waals surface area contributed by atoms with E-state index in [-0.39, 0.29) is 0 Å². The third kappa shape index (κ3) is 5.71. The lowest BCUT2D eigenvalue weighted by molar-refractivity contribution is 0.868. The first kappa shape index (κ1) is 20.7. The molecule has 29 heavy (non-hydrogen) atoms. The van der Waals surface area contributed by atoms with Gasteiger partial charge in [-0.25, -0.2) is 4.99 Å². The molecule has 0 atom stereocenters. The summed E-state index contributed by atoms with van der Waals surface area (Å²) >= 11 is 0. The van der Waals surface area contributed by atoms with Crippen LogP contribution in [0.1, 0.15) is 56.2 Å². The Hall–Kier alpha value is -3.07. The minimum atomic E-state index is 0.428. The monoisotopic (exact) mass is 385 g/mol. The van der Waals surface area contributed by atoms with Crippen molar-refractivity contribution in [2.45, 2.75) is 46.1 Å². The van der Waals surface area contributed by atoms with Gasteiger partial charge in [0.1, 0.15) is 0 Å². The number of guanidine groups is 1. The number of benzene rings is 3. The molecular formula is C26H31N3. The van der Waals surface area contributed by atoms with Gasteiger partial charge >= 0.3 is 0 Å². The summed E-state index contributed by atoms with van der Waals surface area (Å²) < 4.78 is 0. The van der Waals surface area contributed by atoms with Gasteiger partial charge < -0.3 is 10.6 Å². The van der Waals surface area contributed by atoms with Crippen LogP contribution in [0, 0.1) is 0 Å². The fraction of sp³-hybridized carbons (Fsp3) is 0.269. The van der Waals surface area contributed by atoms with Crippen molar-refractivity contribution in [3.05, 3.63) is 95.6 Å². The van der Waals surface area contributed by atoms with E-state index in [2.05, 4.69) is 99.0 Å². The lowest BCUT2D eigenvalue weighted by Gasteiger charge is -2.19. The van der Waals surface area contributed by atoms with Crippen LogP contribution in [0.3, 0.4) is 0 Å². The second-order valence-corrected chi connectivity index (χ2v) is 7.88. The van der Waals surface area contributed by atoms with Crippen molar-refractivity contribution < 1.29 is 0 Å². The minimum Gasteiger partial charge on any atom is -0.326 e. The number of hydrogen-bond acceptors (Lipinski definition) is 1. The molecule has 0 fully saturated rings. The molecule has 3 nitrogen and oxygen atoms in total. The van der Waals surface area contributed by atoms with Crippen molar-refractivity contribution >= 4 is 17.3 Å². The average Bonchev–Trinajstić information content (AvgIpc) is 2.73. The van der Waals surface area contributed by atoms with Crippen LogP contribution in [0.15, 0.2) is 83.9 Å². The molecule has 0 amide bonds. The highest BCUT2D eigenvalue weighted by atomic mass is 15.2. The summed E-state index contributed by atoms with van der Waals surface area (Å²) in [6.07, 6.45) is 0. The Morgan fingerprint density at radius 1 is 0.655 bits per heavy atom. The van der Waals surface area contributed by atoms with Gasteiger partial charge in [-0.1, -0.05) is 94.4 Å². The van der Waals surface area contributed by atoms with E-state index in [0.717, 1.165) is 17.3 Å². The molecule has 2 N–H and O–H groups in total. The van der Waals surface area contributed by atoms with Crippen molar-refractivity contribution in [2.24, 2.45) is 4.99 Å². The molecule has 0 bridgehead atoms. The van der Waals surface area contributed by atoms with E-state index in [1.807, 2.05) is 18.2 Å². The fourth-order valence-electron chi connectivity index (χ4n) is 3.35. The number of anilines is 2. The molecule has 0 saturated heterocycles. The molecule has 150 valence electrons. The first-order chi connectivity index (χ1) is 14.0. The summed E-state index contributed by atoms with van der Waals surface area (Å²) in [4.78, 5) is 4.88. The largest absolute Gasteiger partial charge is 0.326 e. The predicted octanol–water partition coefficient (Wildman–Crippen LogP) is 7.01. The van der Waals surface area contributed by atoms with Crippen LogP contribution < -0.4 is 10.6 Å². The normalized spacial score (nSPS) is 10.8. The standard InChI is InChI=1S/C26H31N3/c1-19(2)22-14-8-10-16-24(22)28-26(27-18-21-12-6-5-7-13-21)29-25-17-11-9-15-23(25)20(3)4/h5-17,19-20H,18H2,1-4H3,(H2,27,28,29). The summed E-state index contributed by atoms with van der Waals surface area (Å²) in [7, 11) is 0. The Bertz CT molecular complexity index is 887. The second kappa shape index (κ2) is 9.92. The van der Waals surface area contributed by atoms with Crippen LogP contribution in [-0.2, 0) is 6.54 Å². The van der Waals surface area contributed by atoms with Gasteiger partial charge in [-0.2, -0.15) is 0 Å². The van der Waals surface area contributed by atoms with Crippen molar-refractivity contribution in [1.29, 1.82) is 0 Å². The van der Waals surface area contributed by atoms with E-state index in [4.69, 9.17) is 4.99 Å². The highest BCUT2D eigenvalue weighted by molar-refractivity contribution is 6.04. The lowest BCUT2D eigenvalue weighted by atomic mass is 10.0. The molecule has 0 aliphatic rings. The van der Waals surface area contributed by atoms with Gasteiger partial charge in [-0.15, -0.1) is 0 Å². The van der Waals surface area contributed by atoms with Gasteiger partial charge in [-0.05, 0) is 40.7 Å². The summed E-state index contributed by atoms with van der Waals surface area (Å²) in [5, 5.41) is 7.11. The zero-order chi connectivity index (χ0) is 20.6. The van der Waals surface area contributed by atoms with Crippen LogP contribution in [0.4, 0.5) is 11.4 Å². The van der Waals surface area contributed by atoms with E-state index >= 15 is 0 Å². The Kier molecular flexibility index (Phi) is 7.07. The minimum absolute atomic E-state index is 0.428. The van der Waals surface area contributed by atoms with Gasteiger partial charge in [0.25, 0.3) is 0 Å². The Balaban J connectivity index is 1.92. The van der Waals surface area contributed by atoms with E-state index in [9.17, 15) is 0 Å². The molecule has 3 aromatic carbocycles. The first-order valence-corrected chi connectivity index (χ1v) is 10.3. The van der Waals surface area contributed by atoms with E-state index in [1.165, 1.54) is 16.7 Å². The molecule has 0 saturated carbocycles. The number of hydrogen-bond donors (Lipinski definition) is 2. The van der Waals surface area contributed by atoms with Crippen LogP contribution in [-0.4, -0.2) is 5.96 Å². The van der Waals surface area contributed by atoms with Gasteiger partial charge in [0, 0.05) is 11.4 Å². The second-order valence-electron chi connectivity index (χ2n) is 7.88. The molecule has 0 spiro atoms. The third-order valence-corrected chi connectivity index (χ3v) is 4.93. The maximum atomic E-state index is 4.88. The smallest absolute Gasteiger partial charge is 0.200 e. The Morgan fingerprint density at radius 3 is 1.59 bits per heavy atom. The van der Waals surface area contributed by atoms with Crippen LogP contribution >= 0.6 is 0 Å². The first-order valence-electron chi connectivity index (χ1n) is 10.3. The Morgan fingerprint density at radius 2 is 1.10 bits per heavy atom. The molecule has 0 aromatic heterocycles. The maximum Gasteiger partial charge on any atom is 0.200 e. The third-order valence-electron chi connectivity index (χ3n) is 4.93. The predicted molar refractivity (Wildman–Crippen MR) is 126 cm³/mol. The highest BCUT2D eigenvalue weighted by Crippen LogP contribution is 2.26. The van der Waals surface area contributed by atoms with Gasteiger partial charge in [0.15, 0.2) is 0 Å². The van der Waals surface area contributed by atoms with Gasteiger partial charge in [0.2, 0.25) is 5.96 Å². The molecule has 0 aliphatic heterocycles. The highest BCUT2D eigenvalue weighted by Gasteiger charge is 2.11. The number of nitrogens with zero attached hydrogens (tertiary/aromatic N) is 1. The fourth-order valence-corrected chi connectivity index (χ4v) is 3.35. The van der Waals surface area contributed by atoms with Crippen molar-refractivity contribution in [3.8, 4) is 0 Å². The summed E-state index contributed by atoms with van der Waals surface area (Å²) in [6.45, 7) is 9.46. The topological polar surface area (TPSA) is 36.4 Å². The average molecular weight is 386 g/mol. The number of para-hydroxylation sites is 2. The number of rotatable bonds is 6. The summed E-state index contributed by atoms with van der Waals surface area (Å²) in [6, 6.07) is 27.2. The van der Waals surface area contributed by atoms with Gasteiger partial charge in [-0.3, -0.25) is 0 Å². The van der Waals surface area contributed by atoms with Crippen molar-refractivity contribution in [2.75, 3.05) is 10.6 Å². The molecule has 3 aromatic rings. The zero-order valence-electron chi connectivity index (χ0n) is 17.8. The number of aliphatic imine (C=N–C) groups is 1. The molecule has 3 rings (SSSR count). The molecule has 0 aliphatic carbocycles.